The summed E-state index contributed by atoms with van der Waals surface area (Å²) in [6, 6.07) is 5.63. The summed E-state index contributed by atoms with van der Waals surface area (Å²) in [5, 5.41) is 9.52. The quantitative estimate of drug-likeness (QED) is 0.902. The summed E-state index contributed by atoms with van der Waals surface area (Å²) in [4.78, 5) is 25.3. The Kier molecular flexibility index (Phi) is 4.12. The van der Waals surface area contributed by atoms with Gasteiger partial charge in [0, 0.05) is 13.5 Å². The maximum absolute atomic E-state index is 12.1. The van der Waals surface area contributed by atoms with Crippen molar-refractivity contribution in [2.24, 2.45) is 5.92 Å². The molecule has 2 unspecified atom stereocenters. The van der Waals surface area contributed by atoms with E-state index in [9.17, 15) is 14.7 Å². The Morgan fingerprint density at radius 2 is 2.05 bits per heavy atom. The molecule has 4 heteroatoms. The van der Waals surface area contributed by atoms with Crippen LogP contribution >= 0.6 is 0 Å². The van der Waals surface area contributed by atoms with E-state index in [1.54, 1.807) is 11.9 Å². The van der Waals surface area contributed by atoms with Gasteiger partial charge in [-0.15, -0.1) is 0 Å². The van der Waals surface area contributed by atoms with E-state index in [-0.39, 0.29) is 11.9 Å². The monoisotopic (exact) mass is 275 g/mol. The number of carboxylic acids is 1. The molecule has 0 aromatic heterocycles. The third-order valence-corrected chi connectivity index (χ3v) is 4.17. The van der Waals surface area contributed by atoms with Crippen LogP contribution in [0.15, 0.2) is 18.2 Å². The topological polar surface area (TPSA) is 57.6 Å². The van der Waals surface area contributed by atoms with Gasteiger partial charge in [-0.05, 0) is 37.8 Å². The molecule has 1 saturated heterocycles. The molecule has 0 bridgehead atoms. The van der Waals surface area contributed by atoms with E-state index in [0.29, 0.717) is 19.3 Å². The number of hydrogen-bond donors (Lipinski definition) is 1. The number of amides is 1. The standard InChI is InChI=1S/C16H21NO3/c1-10-7-8-11(2)13(9-10)15-12(16(19)20)5-4-6-14(18)17(15)3/h7-9,12,15H,4-6H2,1-3H3,(H,19,20). The predicted octanol–water partition coefficient (Wildman–Crippen LogP) is 2.69. The first kappa shape index (κ1) is 14.6. The molecule has 1 heterocycles. The van der Waals surface area contributed by atoms with E-state index in [1.165, 1.54) is 0 Å². The Bertz CT molecular complexity index is 539. The second-order valence-corrected chi connectivity index (χ2v) is 5.65. The highest BCUT2D eigenvalue weighted by molar-refractivity contribution is 5.79. The molecule has 0 spiro atoms. The highest BCUT2D eigenvalue weighted by atomic mass is 16.4. The molecule has 1 N–H and O–H groups in total. The van der Waals surface area contributed by atoms with Gasteiger partial charge in [-0.25, -0.2) is 0 Å². The molecule has 108 valence electrons. The summed E-state index contributed by atoms with van der Waals surface area (Å²) in [5.41, 5.74) is 3.07. The van der Waals surface area contributed by atoms with Gasteiger partial charge in [0.1, 0.15) is 0 Å². The minimum atomic E-state index is -0.822. The van der Waals surface area contributed by atoms with Crippen LogP contribution < -0.4 is 0 Å². The summed E-state index contributed by atoms with van der Waals surface area (Å²) in [7, 11) is 1.72. The van der Waals surface area contributed by atoms with E-state index in [0.717, 1.165) is 16.7 Å². The first-order valence-corrected chi connectivity index (χ1v) is 6.97. The number of benzene rings is 1. The Hall–Kier alpha value is -1.84. The number of likely N-dealkylation sites (tertiary alicyclic amines) is 1. The molecule has 2 atom stereocenters. The number of rotatable bonds is 2. The SMILES string of the molecule is Cc1ccc(C)c(C2C(C(=O)O)CCCC(=O)N2C)c1. The molecule has 0 radical (unpaired) electrons. The highest BCUT2D eigenvalue weighted by Gasteiger charge is 2.37. The zero-order chi connectivity index (χ0) is 14.9. The van der Waals surface area contributed by atoms with Gasteiger partial charge in [-0.3, -0.25) is 9.59 Å². The van der Waals surface area contributed by atoms with Crippen LogP contribution in [0.4, 0.5) is 0 Å². The van der Waals surface area contributed by atoms with Crippen LogP contribution in [0.5, 0.6) is 0 Å². The van der Waals surface area contributed by atoms with Gasteiger partial charge in [0.15, 0.2) is 0 Å². The zero-order valence-corrected chi connectivity index (χ0v) is 12.2. The van der Waals surface area contributed by atoms with E-state index in [2.05, 4.69) is 0 Å². The minimum absolute atomic E-state index is 0.0275. The lowest BCUT2D eigenvalue weighted by Crippen LogP contribution is -2.36. The summed E-state index contributed by atoms with van der Waals surface area (Å²) >= 11 is 0. The first-order valence-electron chi connectivity index (χ1n) is 6.97. The predicted molar refractivity (Wildman–Crippen MR) is 76.4 cm³/mol. The molecule has 1 aromatic rings. The van der Waals surface area contributed by atoms with Crippen molar-refractivity contribution in [3.63, 3.8) is 0 Å². The van der Waals surface area contributed by atoms with Crippen LogP contribution in [0.3, 0.4) is 0 Å². The second kappa shape index (κ2) is 5.65. The van der Waals surface area contributed by atoms with Crippen LogP contribution in [-0.4, -0.2) is 28.9 Å². The Labute approximate surface area is 119 Å². The minimum Gasteiger partial charge on any atom is -0.481 e. The first-order chi connectivity index (χ1) is 9.41. The number of carbonyl (C=O) groups is 2. The molecule has 1 amide bonds. The van der Waals surface area contributed by atoms with Gasteiger partial charge < -0.3 is 10.0 Å². The maximum Gasteiger partial charge on any atom is 0.308 e. The number of hydrogen-bond acceptors (Lipinski definition) is 2. The van der Waals surface area contributed by atoms with Crippen molar-refractivity contribution in [2.75, 3.05) is 7.05 Å². The Morgan fingerprint density at radius 3 is 2.70 bits per heavy atom. The van der Waals surface area contributed by atoms with Gasteiger partial charge in [0.05, 0.1) is 12.0 Å². The fourth-order valence-electron chi connectivity index (χ4n) is 2.99. The molecule has 0 aliphatic carbocycles. The maximum atomic E-state index is 12.1. The summed E-state index contributed by atoms with van der Waals surface area (Å²) in [6.45, 7) is 3.95. The van der Waals surface area contributed by atoms with Crippen molar-refractivity contribution < 1.29 is 14.7 Å². The molecule has 1 aliphatic heterocycles. The molecule has 0 saturated carbocycles. The molecule has 20 heavy (non-hydrogen) atoms. The van der Waals surface area contributed by atoms with Crippen LogP contribution in [0.2, 0.25) is 0 Å². The molecular formula is C16H21NO3. The van der Waals surface area contributed by atoms with Gasteiger partial charge in [-0.2, -0.15) is 0 Å². The fourth-order valence-corrected chi connectivity index (χ4v) is 2.99. The van der Waals surface area contributed by atoms with Gasteiger partial charge >= 0.3 is 5.97 Å². The van der Waals surface area contributed by atoms with Crippen molar-refractivity contribution in [1.82, 2.24) is 4.90 Å². The number of aryl methyl sites for hydroxylation is 2. The van der Waals surface area contributed by atoms with Crippen molar-refractivity contribution >= 4 is 11.9 Å². The van der Waals surface area contributed by atoms with Crippen molar-refractivity contribution in [3.8, 4) is 0 Å². The molecular weight excluding hydrogens is 254 g/mol. The average Bonchev–Trinajstić information content (AvgIpc) is 2.53. The molecule has 1 fully saturated rings. The van der Waals surface area contributed by atoms with Gasteiger partial charge in [-0.1, -0.05) is 23.8 Å². The Morgan fingerprint density at radius 1 is 1.35 bits per heavy atom. The number of aliphatic carboxylic acids is 1. The van der Waals surface area contributed by atoms with Crippen molar-refractivity contribution in [1.29, 1.82) is 0 Å². The largest absolute Gasteiger partial charge is 0.481 e. The van der Waals surface area contributed by atoms with Crippen molar-refractivity contribution in [2.45, 2.75) is 39.2 Å². The highest BCUT2D eigenvalue weighted by Crippen LogP contribution is 2.36. The molecule has 4 nitrogen and oxygen atoms in total. The second-order valence-electron chi connectivity index (χ2n) is 5.65. The normalized spacial score (nSPS) is 23.6. The van der Waals surface area contributed by atoms with Crippen LogP contribution in [0.25, 0.3) is 0 Å². The molecule has 2 rings (SSSR count). The fraction of sp³-hybridized carbons (Fsp3) is 0.500. The molecule has 1 aliphatic rings. The number of nitrogens with zero attached hydrogens (tertiary/aromatic N) is 1. The molecule has 1 aromatic carbocycles. The third-order valence-electron chi connectivity index (χ3n) is 4.17. The smallest absolute Gasteiger partial charge is 0.308 e. The van der Waals surface area contributed by atoms with Gasteiger partial charge in [0.2, 0.25) is 5.91 Å². The van der Waals surface area contributed by atoms with Crippen LogP contribution in [-0.2, 0) is 9.59 Å². The lowest BCUT2D eigenvalue weighted by molar-refractivity contribution is -0.145. The van der Waals surface area contributed by atoms with Crippen LogP contribution in [0.1, 0.15) is 42.0 Å². The average molecular weight is 275 g/mol. The third kappa shape index (κ3) is 2.69. The number of carbonyl (C=O) groups excluding carboxylic acids is 1. The van der Waals surface area contributed by atoms with Crippen LogP contribution in [0, 0.1) is 19.8 Å². The van der Waals surface area contributed by atoms with E-state index >= 15 is 0 Å². The zero-order valence-electron chi connectivity index (χ0n) is 12.2. The van der Waals surface area contributed by atoms with E-state index in [1.807, 2.05) is 32.0 Å². The number of carboxylic acid groups (broad SMARTS) is 1. The van der Waals surface area contributed by atoms with E-state index in [4.69, 9.17) is 0 Å². The summed E-state index contributed by atoms with van der Waals surface area (Å²) in [6.07, 6.45) is 1.62. The Balaban J connectivity index is 2.52. The van der Waals surface area contributed by atoms with Gasteiger partial charge in [0.25, 0.3) is 0 Å². The van der Waals surface area contributed by atoms with Crippen molar-refractivity contribution in [3.05, 3.63) is 34.9 Å². The lowest BCUT2D eigenvalue weighted by Gasteiger charge is -2.32. The summed E-state index contributed by atoms with van der Waals surface area (Å²) in [5.74, 6) is -1.33. The van der Waals surface area contributed by atoms with E-state index < -0.39 is 11.9 Å². The lowest BCUT2D eigenvalue weighted by atomic mass is 9.86. The summed E-state index contributed by atoms with van der Waals surface area (Å²) < 4.78 is 0.